The van der Waals surface area contributed by atoms with Crippen LogP contribution in [0.15, 0.2) is 0 Å². The van der Waals surface area contributed by atoms with Crippen molar-refractivity contribution in [3.63, 3.8) is 0 Å². The fourth-order valence-electron chi connectivity index (χ4n) is 1.61. The van der Waals surface area contributed by atoms with Gasteiger partial charge in [0.2, 0.25) is 6.54 Å². The first-order chi connectivity index (χ1) is 10.7. The highest BCUT2D eigenvalue weighted by Crippen LogP contribution is 2.06. The SMILES string of the molecule is O=COCCCCC(=O)O.[C-]#[N+]CCCCCCCCC#N. The monoisotopic (exact) mass is 310 g/mol. The number of nitriles is 1. The molecule has 0 spiro atoms. The van der Waals surface area contributed by atoms with Gasteiger partial charge < -0.3 is 14.7 Å². The fourth-order valence-corrected chi connectivity index (χ4v) is 1.61. The Labute approximate surface area is 132 Å². The van der Waals surface area contributed by atoms with E-state index in [0.29, 0.717) is 38.9 Å². The summed E-state index contributed by atoms with van der Waals surface area (Å²) in [5.41, 5.74) is 0. The van der Waals surface area contributed by atoms with Crippen LogP contribution in [0, 0.1) is 17.9 Å². The van der Waals surface area contributed by atoms with Crippen molar-refractivity contribution >= 4 is 12.4 Å². The molecule has 0 aromatic heterocycles. The van der Waals surface area contributed by atoms with Gasteiger partial charge in [-0.25, -0.2) is 6.57 Å². The summed E-state index contributed by atoms with van der Waals surface area (Å²) in [7, 11) is 0. The van der Waals surface area contributed by atoms with Gasteiger partial charge in [0.1, 0.15) is 0 Å². The zero-order valence-electron chi connectivity index (χ0n) is 13.1. The predicted octanol–water partition coefficient (Wildman–Crippen LogP) is 3.57. The van der Waals surface area contributed by atoms with Gasteiger partial charge in [0.15, 0.2) is 0 Å². The van der Waals surface area contributed by atoms with Crippen molar-refractivity contribution in [2.45, 2.75) is 64.2 Å². The van der Waals surface area contributed by atoms with E-state index >= 15 is 0 Å². The highest BCUT2D eigenvalue weighted by Gasteiger charge is 1.95. The first-order valence-corrected chi connectivity index (χ1v) is 7.66. The van der Waals surface area contributed by atoms with Gasteiger partial charge in [-0.05, 0) is 25.7 Å². The lowest BCUT2D eigenvalue weighted by Crippen LogP contribution is -1.96. The van der Waals surface area contributed by atoms with E-state index in [1.807, 2.05) is 0 Å². The molecule has 22 heavy (non-hydrogen) atoms. The van der Waals surface area contributed by atoms with E-state index in [1.165, 1.54) is 25.7 Å². The molecule has 0 atom stereocenters. The van der Waals surface area contributed by atoms with Crippen LogP contribution in [0.25, 0.3) is 4.85 Å². The quantitative estimate of drug-likeness (QED) is 0.319. The van der Waals surface area contributed by atoms with Gasteiger partial charge >= 0.3 is 5.97 Å². The zero-order valence-corrected chi connectivity index (χ0v) is 13.1. The summed E-state index contributed by atoms with van der Waals surface area (Å²) in [5.74, 6) is -0.814. The van der Waals surface area contributed by atoms with Gasteiger partial charge in [0.05, 0.1) is 12.7 Å². The summed E-state index contributed by atoms with van der Waals surface area (Å²) in [4.78, 5) is 22.8. The molecule has 0 aromatic rings. The van der Waals surface area contributed by atoms with E-state index < -0.39 is 5.97 Å². The Balaban J connectivity index is 0. The van der Waals surface area contributed by atoms with E-state index in [2.05, 4.69) is 15.7 Å². The van der Waals surface area contributed by atoms with E-state index in [0.717, 1.165) is 12.8 Å². The number of carbonyl (C=O) groups is 2. The molecule has 0 aliphatic heterocycles. The van der Waals surface area contributed by atoms with Gasteiger partial charge in [0, 0.05) is 19.3 Å². The molecular weight excluding hydrogens is 284 g/mol. The molecule has 0 aliphatic rings. The number of hydrogen-bond donors (Lipinski definition) is 1. The van der Waals surface area contributed by atoms with Crippen molar-refractivity contribution in [2.24, 2.45) is 0 Å². The van der Waals surface area contributed by atoms with Crippen LogP contribution in [0.4, 0.5) is 0 Å². The third-order valence-electron chi connectivity index (χ3n) is 2.78. The molecule has 0 unspecified atom stereocenters. The highest BCUT2D eigenvalue weighted by atomic mass is 16.5. The Kier molecular flexibility index (Phi) is 21.4. The van der Waals surface area contributed by atoms with Crippen molar-refractivity contribution in [3.8, 4) is 6.07 Å². The second-order valence-corrected chi connectivity index (χ2v) is 4.73. The Bertz CT molecular complexity index is 325. The lowest BCUT2D eigenvalue weighted by atomic mass is 10.1. The molecule has 1 N–H and O–H groups in total. The lowest BCUT2D eigenvalue weighted by Gasteiger charge is -1.95. The van der Waals surface area contributed by atoms with Crippen LogP contribution in [0.2, 0.25) is 0 Å². The normalized spacial score (nSPS) is 8.82. The lowest BCUT2D eigenvalue weighted by molar-refractivity contribution is -0.137. The minimum atomic E-state index is -0.814. The first-order valence-electron chi connectivity index (χ1n) is 7.66. The number of hydrogen-bond acceptors (Lipinski definition) is 4. The summed E-state index contributed by atoms with van der Waals surface area (Å²) < 4.78 is 4.34. The molecular formula is C16H26N2O4. The number of nitrogens with zero attached hydrogens (tertiary/aromatic N) is 2. The van der Waals surface area contributed by atoms with Crippen LogP contribution in [0.1, 0.15) is 64.2 Å². The number of carboxylic acids is 1. The molecule has 0 bridgehead atoms. The molecule has 0 saturated carbocycles. The van der Waals surface area contributed by atoms with Crippen LogP contribution in [-0.4, -0.2) is 30.7 Å². The molecule has 6 nitrogen and oxygen atoms in total. The molecule has 0 fully saturated rings. The number of aliphatic carboxylic acids is 1. The summed E-state index contributed by atoms with van der Waals surface area (Å²) >= 11 is 0. The Morgan fingerprint density at radius 2 is 1.77 bits per heavy atom. The number of ether oxygens (including phenoxy) is 1. The van der Waals surface area contributed by atoms with Crippen molar-refractivity contribution in [2.75, 3.05) is 13.2 Å². The van der Waals surface area contributed by atoms with Gasteiger partial charge in [-0.2, -0.15) is 5.26 Å². The van der Waals surface area contributed by atoms with Crippen LogP contribution < -0.4 is 0 Å². The Morgan fingerprint density at radius 1 is 1.14 bits per heavy atom. The van der Waals surface area contributed by atoms with Crippen LogP contribution in [0.3, 0.4) is 0 Å². The summed E-state index contributed by atoms with van der Waals surface area (Å²) in [6.07, 6.45) is 8.89. The third-order valence-corrected chi connectivity index (χ3v) is 2.78. The summed E-state index contributed by atoms with van der Waals surface area (Å²) in [6, 6.07) is 2.14. The second kappa shape index (κ2) is 21.2. The number of carboxylic acid groups (broad SMARTS) is 1. The van der Waals surface area contributed by atoms with Gasteiger partial charge in [-0.1, -0.05) is 19.3 Å². The molecule has 0 heterocycles. The number of rotatable bonds is 13. The molecule has 6 heteroatoms. The van der Waals surface area contributed by atoms with Gasteiger partial charge in [-0.3, -0.25) is 9.59 Å². The summed E-state index contributed by atoms with van der Waals surface area (Å²) in [6.45, 7) is 7.92. The molecule has 0 rings (SSSR count). The average molecular weight is 310 g/mol. The van der Waals surface area contributed by atoms with Crippen molar-refractivity contribution in [1.82, 2.24) is 0 Å². The first kappa shape index (κ1) is 22.2. The summed E-state index contributed by atoms with van der Waals surface area (Å²) in [5, 5.41) is 16.4. The van der Waals surface area contributed by atoms with Crippen molar-refractivity contribution < 1.29 is 19.4 Å². The van der Waals surface area contributed by atoms with Crippen LogP contribution in [-0.2, 0) is 14.3 Å². The topological polar surface area (TPSA) is 91.8 Å². The van der Waals surface area contributed by atoms with Crippen molar-refractivity contribution in [3.05, 3.63) is 11.4 Å². The number of unbranched alkanes of at least 4 members (excludes halogenated alkanes) is 7. The van der Waals surface area contributed by atoms with E-state index in [-0.39, 0.29) is 6.42 Å². The maximum Gasteiger partial charge on any atom is 0.303 e. The van der Waals surface area contributed by atoms with E-state index in [4.69, 9.17) is 16.9 Å². The molecule has 0 aliphatic carbocycles. The Morgan fingerprint density at radius 3 is 2.32 bits per heavy atom. The van der Waals surface area contributed by atoms with Gasteiger partial charge in [0.25, 0.3) is 6.47 Å². The smallest absolute Gasteiger partial charge is 0.303 e. The molecule has 0 amide bonds. The molecule has 0 saturated heterocycles. The molecule has 124 valence electrons. The predicted molar refractivity (Wildman–Crippen MR) is 82.9 cm³/mol. The Hall–Kier alpha value is -2.08. The van der Waals surface area contributed by atoms with E-state index in [1.54, 1.807) is 0 Å². The molecule has 0 radical (unpaired) electrons. The maximum absolute atomic E-state index is 9.92. The van der Waals surface area contributed by atoms with E-state index in [9.17, 15) is 9.59 Å². The van der Waals surface area contributed by atoms with Crippen molar-refractivity contribution in [1.29, 1.82) is 5.26 Å². The van der Waals surface area contributed by atoms with Crippen LogP contribution >= 0.6 is 0 Å². The average Bonchev–Trinajstić information content (AvgIpc) is 2.50. The molecule has 0 aromatic carbocycles. The zero-order chi connectivity index (χ0) is 16.9. The maximum atomic E-state index is 9.92. The van der Waals surface area contributed by atoms with Gasteiger partial charge in [-0.15, -0.1) is 0 Å². The second-order valence-electron chi connectivity index (χ2n) is 4.73. The third kappa shape index (κ3) is 26.5. The highest BCUT2D eigenvalue weighted by molar-refractivity contribution is 5.66. The minimum Gasteiger partial charge on any atom is -0.481 e. The minimum absolute atomic E-state index is 0.141. The van der Waals surface area contributed by atoms with Crippen LogP contribution in [0.5, 0.6) is 0 Å². The number of carbonyl (C=O) groups excluding carboxylic acids is 1. The standard InChI is InChI=1S/C10H16N2.C6H10O4/c1-12-10-8-6-4-2-3-5-7-9-11;7-5-10-4-2-1-3-6(8)9/h2-8,10H2;5H,1-4H2,(H,8,9). The fraction of sp³-hybridized carbons (Fsp3) is 0.750. The largest absolute Gasteiger partial charge is 0.481 e.